The lowest BCUT2D eigenvalue weighted by molar-refractivity contribution is 0.356. The van der Waals surface area contributed by atoms with E-state index < -0.39 is 0 Å². The molecule has 3 rings (SSSR count). The minimum absolute atomic E-state index is 0.0104. The fourth-order valence-electron chi connectivity index (χ4n) is 1.49. The van der Waals surface area contributed by atoms with Crippen molar-refractivity contribution in [3.8, 4) is 0 Å². The molecular formula is C8H7NO. The first-order valence-corrected chi connectivity index (χ1v) is 3.41. The van der Waals surface area contributed by atoms with E-state index in [1.165, 1.54) is 5.69 Å². The summed E-state index contributed by atoms with van der Waals surface area (Å²) in [5, 5.41) is 0. The van der Waals surface area contributed by atoms with E-state index in [-0.39, 0.29) is 5.60 Å². The van der Waals surface area contributed by atoms with Crippen LogP contribution < -0.4 is 0 Å². The molecule has 0 aromatic carbocycles. The summed E-state index contributed by atoms with van der Waals surface area (Å²) in [5.74, 6) is 0. The fourth-order valence-corrected chi connectivity index (χ4v) is 1.49. The van der Waals surface area contributed by atoms with Crippen LogP contribution in [-0.2, 0) is 10.3 Å². The molecule has 2 aliphatic rings. The van der Waals surface area contributed by atoms with Crippen LogP contribution in [0.4, 0.5) is 0 Å². The van der Waals surface area contributed by atoms with Crippen LogP contribution in [0, 0.1) is 0 Å². The van der Waals surface area contributed by atoms with E-state index in [0.717, 1.165) is 6.61 Å². The summed E-state index contributed by atoms with van der Waals surface area (Å²) in [6.45, 7) is 0.855. The monoisotopic (exact) mass is 133 g/mol. The van der Waals surface area contributed by atoms with Crippen molar-refractivity contribution < 1.29 is 4.74 Å². The number of aromatic nitrogens is 1. The van der Waals surface area contributed by atoms with Gasteiger partial charge < -0.3 is 9.30 Å². The van der Waals surface area contributed by atoms with Gasteiger partial charge in [0.2, 0.25) is 0 Å². The molecule has 0 N–H and O–H groups in total. The number of rotatable bonds is 0. The van der Waals surface area contributed by atoms with Crippen LogP contribution in [0.15, 0.2) is 24.4 Å². The number of fused-ring (bicyclic) bond motifs is 2. The average molecular weight is 133 g/mol. The number of epoxide rings is 1. The number of hydrogen-bond acceptors (Lipinski definition) is 1. The Morgan fingerprint density at radius 3 is 3.30 bits per heavy atom. The van der Waals surface area contributed by atoms with Gasteiger partial charge in [-0.1, -0.05) is 0 Å². The van der Waals surface area contributed by atoms with Crippen LogP contribution in [0.1, 0.15) is 5.69 Å². The Kier molecular flexibility index (Phi) is 0.570. The first-order chi connectivity index (χ1) is 4.91. The van der Waals surface area contributed by atoms with E-state index in [0.29, 0.717) is 0 Å². The molecule has 2 nitrogen and oxygen atoms in total. The highest BCUT2D eigenvalue weighted by Gasteiger charge is 2.48. The summed E-state index contributed by atoms with van der Waals surface area (Å²) in [7, 11) is 0. The van der Waals surface area contributed by atoms with Gasteiger partial charge >= 0.3 is 0 Å². The third kappa shape index (κ3) is 0.370. The van der Waals surface area contributed by atoms with Crippen molar-refractivity contribution in [3.05, 3.63) is 30.1 Å². The largest absolute Gasteiger partial charge is 0.358 e. The molecule has 1 aromatic heterocycles. The molecule has 0 bridgehead atoms. The highest BCUT2D eigenvalue weighted by molar-refractivity contribution is 5.46. The van der Waals surface area contributed by atoms with Crippen LogP contribution in [-0.4, -0.2) is 11.2 Å². The van der Waals surface area contributed by atoms with Crippen molar-refractivity contribution in [2.45, 2.75) is 5.60 Å². The van der Waals surface area contributed by atoms with Crippen molar-refractivity contribution in [1.82, 2.24) is 4.57 Å². The number of nitrogens with zero attached hydrogens (tertiary/aromatic N) is 1. The summed E-state index contributed by atoms with van der Waals surface area (Å²) < 4.78 is 7.44. The topological polar surface area (TPSA) is 17.5 Å². The van der Waals surface area contributed by atoms with E-state index in [9.17, 15) is 0 Å². The highest BCUT2D eigenvalue weighted by Crippen LogP contribution is 2.43. The second kappa shape index (κ2) is 1.20. The Morgan fingerprint density at radius 2 is 2.50 bits per heavy atom. The molecular weight excluding hydrogens is 126 g/mol. The number of hydrogen-bond donors (Lipinski definition) is 0. The molecule has 1 saturated heterocycles. The van der Waals surface area contributed by atoms with Gasteiger partial charge in [-0.3, -0.25) is 0 Å². The van der Waals surface area contributed by atoms with Crippen molar-refractivity contribution in [1.29, 1.82) is 0 Å². The average Bonchev–Trinajstić information content (AvgIpc) is 2.40. The quantitative estimate of drug-likeness (QED) is 0.486. The number of ether oxygens (including phenoxy) is 1. The van der Waals surface area contributed by atoms with Gasteiger partial charge in [-0.05, 0) is 18.2 Å². The second-order valence-corrected chi connectivity index (χ2v) is 2.79. The lowest BCUT2D eigenvalue weighted by atomic mass is 10.1. The van der Waals surface area contributed by atoms with Crippen LogP contribution in [0.5, 0.6) is 0 Å². The van der Waals surface area contributed by atoms with Crippen LogP contribution in [0.2, 0.25) is 0 Å². The molecule has 10 heavy (non-hydrogen) atoms. The predicted molar refractivity (Wildman–Crippen MR) is 37.4 cm³/mol. The van der Waals surface area contributed by atoms with Gasteiger partial charge in [0.15, 0.2) is 5.60 Å². The lowest BCUT2D eigenvalue weighted by Crippen LogP contribution is -2.01. The highest BCUT2D eigenvalue weighted by atomic mass is 16.6. The fraction of sp³-hybridized carbons (Fsp3) is 0.250. The Bertz CT molecular complexity index is 307. The van der Waals surface area contributed by atoms with Gasteiger partial charge in [0.25, 0.3) is 0 Å². The molecule has 1 spiro atoms. The zero-order chi connectivity index (χ0) is 6.60. The van der Waals surface area contributed by atoms with Crippen molar-refractivity contribution in [3.63, 3.8) is 0 Å². The van der Waals surface area contributed by atoms with Gasteiger partial charge in [0.05, 0.1) is 12.3 Å². The van der Waals surface area contributed by atoms with Crippen LogP contribution >= 0.6 is 0 Å². The van der Waals surface area contributed by atoms with Crippen LogP contribution in [0.25, 0.3) is 6.20 Å². The van der Waals surface area contributed by atoms with Gasteiger partial charge in [-0.15, -0.1) is 0 Å². The smallest absolute Gasteiger partial charge is 0.151 e. The second-order valence-electron chi connectivity index (χ2n) is 2.79. The molecule has 1 aromatic rings. The molecule has 1 unspecified atom stereocenters. The Balaban J connectivity index is 2.31. The first kappa shape index (κ1) is 4.74. The van der Waals surface area contributed by atoms with E-state index in [1.807, 2.05) is 12.3 Å². The molecule has 1 atom stereocenters. The summed E-state index contributed by atoms with van der Waals surface area (Å²) >= 11 is 0. The molecule has 0 radical (unpaired) electrons. The maximum Gasteiger partial charge on any atom is 0.151 e. The Hall–Kier alpha value is -1.02. The standard InChI is InChI=1S/C8H7NO/c1-2-7-8(6-10-8)3-5-9(7)4-1/h1-5H,6H2. The van der Waals surface area contributed by atoms with E-state index in [1.54, 1.807) is 0 Å². The van der Waals surface area contributed by atoms with Gasteiger partial charge in [-0.25, -0.2) is 0 Å². The van der Waals surface area contributed by atoms with Crippen molar-refractivity contribution in [2.24, 2.45) is 0 Å². The molecule has 0 amide bonds. The summed E-state index contributed by atoms with van der Waals surface area (Å²) in [6.07, 6.45) is 6.22. The zero-order valence-corrected chi connectivity index (χ0v) is 5.45. The van der Waals surface area contributed by atoms with Gasteiger partial charge in [0.1, 0.15) is 0 Å². The molecule has 1 fully saturated rings. The molecule has 2 aliphatic heterocycles. The van der Waals surface area contributed by atoms with E-state index in [2.05, 4.69) is 22.9 Å². The van der Waals surface area contributed by atoms with Crippen molar-refractivity contribution >= 4 is 6.20 Å². The summed E-state index contributed by atoms with van der Waals surface area (Å²) in [4.78, 5) is 0. The molecule has 2 heteroatoms. The Morgan fingerprint density at radius 1 is 1.60 bits per heavy atom. The Labute approximate surface area is 58.7 Å². The van der Waals surface area contributed by atoms with Gasteiger partial charge in [0, 0.05) is 12.4 Å². The van der Waals surface area contributed by atoms with E-state index >= 15 is 0 Å². The summed E-state index contributed by atoms with van der Waals surface area (Å²) in [6, 6.07) is 4.15. The lowest BCUT2D eigenvalue weighted by Gasteiger charge is -1.97. The SMILES string of the molecule is C1=CC2(CO2)c2cccn21. The maximum absolute atomic E-state index is 5.33. The molecule has 0 aliphatic carbocycles. The predicted octanol–water partition coefficient (Wildman–Crippen LogP) is 1.20. The molecule has 50 valence electrons. The normalized spacial score (nSPS) is 33.2. The first-order valence-electron chi connectivity index (χ1n) is 3.41. The van der Waals surface area contributed by atoms with Gasteiger partial charge in [-0.2, -0.15) is 0 Å². The summed E-state index contributed by atoms with van der Waals surface area (Å²) in [5.41, 5.74) is 1.26. The maximum atomic E-state index is 5.33. The minimum Gasteiger partial charge on any atom is -0.358 e. The third-order valence-corrected chi connectivity index (χ3v) is 2.17. The van der Waals surface area contributed by atoms with E-state index in [4.69, 9.17) is 4.74 Å². The third-order valence-electron chi connectivity index (χ3n) is 2.17. The molecule has 0 saturated carbocycles. The van der Waals surface area contributed by atoms with Crippen LogP contribution in [0.3, 0.4) is 0 Å². The van der Waals surface area contributed by atoms with Crippen molar-refractivity contribution in [2.75, 3.05) is 6.61 Å². The molecule has 3 heterocycles. The zero-order valence-electron chi connectivity index (χ0n) is 5.45. The minimum atomic E-state index is -0.0104.